The third-order valence-electron chi connectivity index (χ3n) is 5.41. The molecule has 25 heavy (non-hydrogen) atoms. The number of aliphatic imine (C=N–C) groups is 1. The minimum absolute atomic E-state index is 0.109. The van der Waals surface area contributed by atoms with E-state index in [1.165, 1.54) is 11.1 Å². The van der Waals surface area contributed by atoms with Crippen LogP contribution in [0, 0.1) is 0 Å². The number of hydrogen-bond donors (Lipinski definition) is 1. The molecule has 2 aromatic rings. The molecule has 0 bridgehead atoms. The van der Waals surface area contributed by atoms with Crippen LogP contribution in [0.15, 0.2) is 53.5 Å². The lowest BCUT2D eigenvalue weighted by Crippen LogP contribution is -2.56. The Bertz CT molecular complexity index is 817. The molecule has 0 aromatic heterocycles. The highest BCUT2D eigenvalue weighted by molar-refractivity contribution is 6.02. The number of rotatable bonds is 1. The van der Waals surface area contributed by atoms with E-state index in [-0.39, 0.29) is 5.41 Å². The van der Waals surface area contributed by atoms with Crippen molar-refractivity contribution in [3.63, 3.8) is 0 Å². The number of benzene rings is 2. The lowest BCUT2D eigenvalue weighted by atomic mass is 9.82. The Kier molecular flexibility index (Phi) is 3.73. The van der Waals surface area contributed by atoms with Crippen LogP contribution in [0.5, 0.6) is 0 Å². The number of hydrogen-bond acceptors (Lipinski definition) is 3. The third kappa shape index (κ3) is 2.67. The summed E-state index contributed by atoms with van der Waals surface area (Å²) in [7, 11) is 0. The van der Waals surface area contributed by atoms with Gasteiger partial charge in [-0.3, -0.25) is 4.99 Å². The van der Waals surface area contributed by atoms with E-state index < -0.39 is 5.72 Å². The summed E-state index contributed by atoms with van der Waals surface area (Å²) in [6.07, 6.45) is 1.57. The summed E-state index contributed by atoms with van der Waals surface area (Å²) in [5.41, 5.74) is 3.65. The van der Waals surface area contributed by atoms with Crippen LogP contribution in [0.4, 0.5) is 0 Å². The molecular weight excluding hydrogens is 308 g/mol. The van der Waals surface area contributed by atoms with Gasteiger partial charge in [-0.25, -0.2) is 0 Å². The Labute approximate surface area is 150 Å². The molecule has 0 amide bonds. The molecule has 130 valence electrons. The van der Waals surface area contributed by atoms with Crippen molar-refractivity contribution in [2.24, 2.45) is 4.99 Å². The molecule has 0 saturated carbocycles. The van der Waals surface area contributed by atoms with Crippen LogP contribution < -0.4 is 0 Å². The van der Waals surface area contributed by atoms with Crippen molar-refractivity contribution in [3.05, 3.63) is 70.8 Å². The van der Waals surface area contributed by atoms with Crippen molar-refractivity contribution < 1.29 is 5.11 Å². The fourth-order valence-electron chi connectivity index (χ4n) is 3.94. The lowest BCUT2D eigenvalue weighted by molar-refractivity contribution is -0.0819. The van der Waals surface area contributed by atoms with Crippen molar-refractivity contribution in [3.8, 4) is 0 Å². The van der Waals surface area contributed by atoms with E-state index in [0.717, 1.165) is 36.5 Å². The second-order valence-electron chi connectivity index (χ2n) is 8.19. The normalized spacial score (nSPS) is 22.9. The van der Waals surface area contributed by atoms with Crippen LogP contribution in [0.3, 0.4) is 0 Å². The predicted octanol–water partition coefficient (Wildman–Crippen LogP) is 3.84. The monoisotopic (exact) mass is 334 g/mol. The molecule has 0 aliphatic carbocycles. The van der Waals surface area contributed by atoms with E-state index in [0.29, 0.717) is 6.42 Å². The van der Waals surface area contributed by atoms with E-state index in [1.807, 2.05) is 6.07 Å². The highest BCUT2D eigenvalue weighted by Crippen LogP contribution is 2.39. The maximum Gasteiger partial charge on any atom is 0.169 e. The molecule has 0 saturated heterocycles. The van der Waals surface area contributed by atoms with Crippen molar-refractivity contribution in [2.45, 2.75) is 44.8 Å². The SMILES string of the molecule is CC(C)(C)c1ccc(C2(O)Cc3ccccc3C3=NCCCN32)cc1. The van der Waals surface area contributed by atoms with Crippen LogP contribution in [0.1, 0.15) is 49.4 Å². The molecule has 0 radical (unpaired) electrons. The molecule has 4 rings (SSSR count). The quantitative estimate of drug-likeness (QED) is 0.860. The zero-order valence-corrected chi connectivity index (χ0v) is 15.3. The standard InChI is InChI=1S/C22H26N2O/c1-21(2,3)17-9-11-18(12-10-17)22(25)15-16-7-4-5-8-19(16)20-23-13-6-14-24(20)22/h4-5,7-12,25H,6,13-15H2,1-3H3. The summed E-state index contributed by atoms with van der Waals surface area (Å²) in [6.45, 7) is 8.30. The van der Waals surface area contributed by atoms with Gasteiger partial charge in [-0.05, 0) is 23.0 Å². The molecule has 1 atom stereocenters. The summed E-state index contributed by atoms with van der Waals surface area (Å²) in [6, 6.07) is 16.8. The van der Waals surface area contributed by atoms with Crippen molar-refractivity contribution >= 4 is 5.84 Å². The third-order valence-corrected chi connectivity index (χ3v) is 5.41. The minimum atomic E-state index is -1.02. The van der Waals surface area contributed by atoms with Gasteiger partial charge in [0.2, 0.25) is 0 Å². The average molecular weight is 334 g/mol. The number of aliphatic hydroxyl groups is 1. The van der Waals surface area contributed by atoms with Crippen LogP contribution in [-0.2, 0) is 17.6 Å². The molecule has 2 aromatic carbocycles. The van der Waals surface area contributed by atoms with Gasteiger partial charge in [0.25, 0.3) is 0 Å². The smallest absolute Gasteiger partial charge is 0.169 e. The molecule has 1 N–H and O–H groups in total. The molecule has 3 heteroatoms. The van der Waals surface area contributed by atoms with Gasteiger partial charge in [0, 0.05) is 30.6 Å². The fraction of sp³-hybridized carbons (Fsp3) is 0.409. The maximum atomic E-state index is 11.7. The van der Waals surface area contributed by atoms with Crippen LogP contribution in [0.2, 0.25) is 0 Å². The van der Waals surface area contributed by atoms with Crippen LogP contribution >= 0.6 is 0 Å². The fourth-order valence-corrected chi connectivity index (χ4v) is 3.94. The summed E-state index contributed by atoms with van der Waals surface area (Å²) in [5, 5.41) is 11.7. The predicted molar refractivity (Wildman–Crippen MR) is 102 cm³/mol. The Morgan fingerprint density at radius 3 is 2.48 bits per heavy atom. The molecule has 2 heterocycles. The largest absolute Gasteiger partial charge is 0.366 e. The molecule has 3 nitrogen and oxygen atoms in total. The van der Waals surface area contributed by atoms with Gasteiger partial charge in [0.05, 0.1) is 0 Å². The topological polar surface area (TPSA) is 35.8 Å². The first-order valence-electron chi connectivity index (χ1n) is 9.13. The van der Waals surface area contributed by atoms with Gasteiger partial charge in [-0.1, -0.05) is 69.3 Å². The van der Waals surface area contributed by atoms with Gasteiger partial charge in [-0.2, -0.15) is 0 Å². The zero-order chi connectivity index (χ0) is 17.7. The van der Waals surface area contributed by atoms with Gasteiger partial charge < -0.3 is 10.0 Å². The number of nitrogens with zero attached hydrogens (tertiary/aromatic N) is 2. The zero-order valence-electron chi connectivity index (χ0n) is 15.3. The van der Waals surface area contributed by atoms with Crippen LogP contribution in [0.25, 0.3) is 0 Å². The number of fused-ring (bicyclic) bond motifs is 3. The van der Waals surface area contributed by atoms with E-state index in [4.69, 9.17) is 4.99 Å². The van der Waals surface area contributed by atoms with E-state index in [2.05, 4.69) is 68.1 Å². The first kappa shape index (κ1) is 16.3. The summed E-state index contributed by atoms with van der Waals surface area (Å²) in [4.78, 5) is 6.86. The van der Waals surface area contributed by atoms with Crippen molar-refractivity contribution in [2.75, 3.05) is 13.1 Å². The highest BCUT2D eigenvalue weighted by atomic mass is 16.3. The second kappa shape index (κ2) is 5.70. The van der Waals surface area contributed by atoms with Gasteiger partial charge in [-0.15, -0.1) is 0 Å². The molecule has 0 fully saturated rings. The van der Waals surface area contributed by atoms with E-state index in [1.54, 1.807) is 0 Å². The molecule has 1 unspecified atom stereocenters. The summed E-state index contributed by atoms with van der Waals surface area (Å²) >= 11 is 0. The summed E-state index contributed by atoms with van der Waals surface area (Å²) < 4.78 is 0. The molecule has 2 aliphatic rings. The van der Waals surface area contributed by atoms with E-state index >= 15 is 0 Å². The lowest BCUT2D eigenvalue weighted by Gasteiger charge is -2.47. The van der Waals surface area contributed by atoms with Crippen molar-refractivity contribution in [1.29, 1.82) is 0 Å². The Hall–Kier alpha value is -2.13. The Morgan fingerprint density at radius 1 is 1.04 bits per heavy atom. The Morgan fingerprint density at radius 2 is 1.76 bits per heavy atom. The van der Waals surface area contributed by atoms with Crippen LogP contribution in [-0.4, -0.2) is 28.9 Å². The first-order valence-corrected chi connectivity index (χ1v) is 9.13. The first-order chi connectivity index (χ1) is 11.9. The minimum Gasteiger partial charge on any atom is -0.366 e. The second-order valence-corrected chi connectivity index (χ2v) is 8.19. The summed E-state index contributed by atoms with van der Waals surface area (Å²) in [5.74, 6) is 0.940. The molecule has 2 aliphatic heterocycles. The van der Waals surface area contributed by atoms with Gasteiger partial charge in [0.1, 0.15) is 5.84 Å². The van der Waals surface area contributed by atoms with Gasteiger partial charge >= 0.3 is 0 Å². The van der Waals surface area contributed by atoms with Gasteiger partial charge in [0.15, 0.2) is 5.72 Å². The van der Waals surface area contributed by atoms with E-state index in [9.17, 15) is 5.11 Å². The average Bonchev–Trinajstić information content (AvgIpc) is 2.61. The molecular formula is C22H26N2O. The maximum absolute atomic E-state index is 11.7. The molecule has 0 spiro atoms. The Balaban J connectivity index is 1.81. The van der Waals surface area contributed by atoms with Crippen molar-refractivity contribution in [1.82, 2.24) is 4.90 Å². The highest BCUT2D eigenvalue weighted by Gasteiger charge is 2.44. The number of amidine groups is 1.